The van der Waals surface area contributed by atoms with Gasteiger partial charge in [-0.25, -0.2) is 0 Å². The summed E-state index contributed by atoms with van der Waals surface area (Å²) in [5, 5.41) is 2.64. The SMILES string of the molecule is Cc1cc2c3c(c1)-n1c4c(cccc4c4sc5ccccc5c41)B3c1ccc(N(c3ccccc3)c3ccccc3)cc1O2. The van der Waals surface area contributed by atoms with Gasteiger partial charge in [-0.1, -0.05) is 78.9 Å². The molecule has 0 fully saturated rings. The van der Waals surface area contributed by atoms with Crippen LogP contribution >= 0.6 is 11.3 Å². The third-order valence-electron chi connectivity index (χ3n) is 9.25. The molecular weight excluding hydrogens is 555 g/mol. The molecule has 0 aliphatic carbocycles. The van der Waals surface area contributed by atoms with Crippen molar-refractivity contribution in [1.82, 2.24) is 4.57 Å². The molecular formula is C39H25BN2OS. The molecule has 44 heavy (non-hydrogen) atoms. The number of rotatable bonds is 3. The van der Waals surface area contributed by atoms with Crippen molar-refractivity contribution in [1.29, 1.82) is 0 Å². The molecule has 0 unspecified atom stereocenters. The number of fused-ring (bicyclic) bond motifs is 9. The molecule has 206 valence electrons. The van der Waals surface area contributed by atoms with Gasteiger partial charge in [-0.2, -0.15) is 0 Å². The minimum Gasteiger partial charge on any atom is -0.458 e. The molecule has 5 heteroatoms. The highest BCUT2D eigenvalue weighted by molar-refractivity contribution is 7.26. The zero-order valence-corrected chi connectivity index (χ0v) is 24.8. The molecule has 2 aromatic heterocycles. The normalized spacial score (nSPS) is 12.8. The Balaban J connectivity index is 1.24. The van der Waals surface area contributed by atoms with Crippen molar-refractivity contribution in [3.63, 3.8) is 0 Å². The molecule has 0 saturated heterocycles. The Morgan fingerprint density at radius 3 is 2.14 bits per heavy atom. The molecule has 2 aliphatic heterocycles. The van der Waals surface area contributed by atoms with E-state index < -0.39 is 0 Å². The average Bonchev–Trinajstić information content (AvgIpc) is 3.60. The molecule has 8 aromatic rings. The molecule has 0 radical (unpaired) electrons. The molecule has 0 N–H and O–H groups in total. The number of ether oxygens (including phenoxy) is 1. The molecule has 0 saturated carbocycles. The summed E-state index contributed by atoms with van der Waals surface area (Å²) in [6, 6.07) is 48.1. The first kappa shape index (κ1) is 24.2. The summed E-state index contributed by atoms with van der Waals surface area (Å²) in [6.07, 6.45) is 0. The lowest BCUT2D eigenvalue weighted by Crippen LogP contribution is -2.58. The Kier molecular flexibility index (Phi) is 4.89. The van der Waals surface area contributed by atoms with Gasteiger partial charge in [-0.15, -0.1) is 11.3 Å². The van der Waals surface area contributed by atoms with Crippen LogP contribution in [0.2, 0.25) is 0 Å². The van der Waals surface area contributed by atoms with E-state index in [1.807, 2.05) is 11.3 Å². The Labute approximate surface area is 259 Å². The van der Waals surface area contributed by atoms with E-state index in [0.29, 0.717) is 0 Å². The van der Waals surface area contributed by atoms with Crippen LogP contribution in [0.1, 0.15) is 5.56 Å². The largest absolute Gasteiger partial charge is 0.458 e. The maximum absolute atomic E-state index is 6.90. The number of benzene rings is 6. The highest BCUT2D eigenvalue weighted by Crippen LogP contribution is 2.45. The predicted octanol–water partition coefficient (Wildman–Crippen LogP) is 8.71. The van der Waals surface area contributed by atoms with Gasteiger partial charge in [-0.05, 0) is 77.4 Å². The van der Waals surface area contributed by atoms with Gasteiger partial charge >= 0.3 is 0 Å². The van der Waals surface area contributed by atoms with Crippen LogP contribution < -0.4 is 26.0 Å². The molecule has 4 heterocycles. The second-order valence-corrected chi connectivity index (χ2v) is 12.9. The van der Waals surface area contributed by atoms with Crippen molar-refractivity contribution >= 4 is 82.7 Å². The van der Waals surface area contributed by atoms with Crippen LogP contribution in [0.3, 0.4) is 0 Å². The van der Waals surface area contributed by atoms with Crippen LogP contribution in [-0.4, -0.2) is 11.3 Å². The van der Waals surface area contributed by atoms with Gasteiger partial charge in [0.05, 0.1) is 15.7 Å². The molecule has 0 spiro atoms. The van der Waals surface area contributed by atoms with Gasteiger partial charge in [0.25, 0.3) is 6.71 Å². The van der Waals surface area contributed by atoms with Crippen molar-refractivity contribution in [3.05, 3.63) is 139 Å². The lowest BCUT2D eigenvalue weighted by Gasteiger charge is -2.34. The summed E-state index contributed by atoms with van der Waals surface area (Å²) in [5.74, 6) is 1.86. The van der Waals surface area contributed by atoms with Crippen LogP contribution in [0.4, 0.5) is 17.1 Å². The summed E-state index contributed by atoms with van der Waals surface area (Å²) < 4.78 is 12.1. The molecule has 3 nitrogen and oxygen atoms in total. The van der Waals surface area contributed by atoms with Crippen LogP contribution in [0.5, 0.6) is 11.5 Å². The summed E-state index contributed by atoms with van der Waals surface area (Å²) in [5.41, 5.74) is 12.2. The van der Waals surface area contributed by atoms with E-state index in [-0.39, 0.29) is 6.71 Å². The van der Waals surface area contributed by atoms with E-state index in [9.17, 15) is 0 Å². The number of aryl methyl sites for hydroxylation is 1. The van der Waals surface area contributed by atoms with Crippen molar-refractivity contribution in [2.45, 2.75) is 6.92 Å². The lowest BCUT2D eigenvalue weighted by molar-refractivity contribution is 0.487. The van der Waals surface area contributed by atoms with E-state index in [1.165, 1.54) is 58.8 Å². The maximum Gasteiger partial charge on any atom is 0.256 e. The van der Waals surface area contributed by atoms with Gasteiger partial charge in [0, 0.05) is 44.3 Å². The highest BCUT2D eigenvalue weighted by atomic mass is 32.1. The van der Waals surface area contributed by atoms with E-state index in [1.54, 1.807) is 0 Å². The fraction of sp³-hybridized carbons (Fsp3) is 0.0256. The second kappa shape index (κ2) is 8.88. The number of nitrogens with zero attached hydrogens (tertiary/aromatic N) is 2. The summed E-state index contributed by atoms with van der Waals surface area (Å²) in [7, 11) is 0. The van der Waals surface area contributed by atoms with E-state index in [0.717, 1.165) is 28.6 Å². The first-order valence-electron chi connectivity index (χ1n) is 15.1. The predicted molar refractivity (Wildman–Crippen MR) is 187 cm³/mol. The molecule has 0 bridgehead atoms. The van der Waals surface area contributed by atoms with Gasteiger partial charge < -0.3 is 14.2 Å². The van der Waals surface area contributed by atoms with Gasteiger partial charge in [-0.3, -0.25) is 0 Å². The highest BCUT2D eigenvalue weighted by Gasteiger charge is 2.41. The molecule has 10 rings (SSSR count). The first-order chi connectivity index (χ1) is 21.7. The maximum atomic E-state index is 6.90. The second-order valence-electron chi connectivity index (χ2n) is 11.8. The van der Waals surface area contributed by atoms with E-state index in [4.69, 9.17) is 4.74 Å². The molecule has 6 aromatic carbocycles. The van der Waals surface area contributed by atoms with Crippen molar-refractivity contribution < 1.29 is 4.74 Å². The number of aromatic nitrogens is 1. The molecule has 0 amide bonds. The van der Waals surface area contributed by atoms with Crippen LogP contribution in [0.15, 0.2) is 133 Å². The van der Waals surface area contributed by atoms with Crippen molar-refractivity contribution in [2.24, 2.45) is 0 Å². The smallest absolute Gasteiger partial charge is 0.256 e. The third-order valence-corrected chi connectivity index (χ3v) is 10.4. The average molecular weight is 581 g/mol. The number of anilines is 3. The zero-order valence-electron chi connectivity index (χ0n) is 24.0. The molecule has 0 atom stereocenters. The quantitative estimate of drug-likeness (QED) is 0.195. The standard InChI is InChI=1S/C39H25BN2OS/c1-24-21-32-36-34(22-24)43-33-23-27(41(25-11-4-2-5-12-25)26-13-6-3-7-14-26)19-20-30(33)40(36)31-17-10-16-29-37(31)42(32)38-28-15-8-9-18-35(28)44-39(29)38/h2-23H,1H3. The van der Waals surface area contributed by atoms with E-state index >= 15 is 0 Å². The van der Waals surface area contributed by atoms with Crippen molar-refractivity contribution in [2.75, 3.05) is 4.90 Å². The lowest BCUT2D eigenvalue weighted by atomic mass is 9.34. The van der Waals surface area contributed by atoms with Gasteiger partial charge in [0.2, 0.25) is 0 Å². The van der Waals surface area contributed by atoms with Crippen molar-refractivity contribution in [3.8, 4) is 17.2 Å². The zero-order chi connectivity index (χ0) is 28.9. The van der Waals surface area contributed by atoms with Gasteiger partial charge in [0.15, 0.2) is 0 Å². The Bertz CT molecular complexity index is 2410. The van der Waals surface area contributed by atoms with Gasteiger partial charge in [0.1, 0.15) is 11.5 Å². The monoisotopic (exact) mass is 580 g/mol. The molecule has 2 aliphatic rings. The third kappa shape index (κ3) is 3.22. The fourth-order valence-corrected chi connectivity index (χ4v) is 8.72. The van der Waals surface area contributed by atoms with E-state index in [2.05, 4.69) is 150 Å². The summed E-state index contributed by atoms with van der Waals surface area (Å²) in [4.78, 5) is 2.30. The minimum absolute atomic E-state index is 0.0896. The number of hydrogen-bond acceptors (Lipinski definition) is 3. The summed E-state index contributed by atoms with van der Waals surface area (Å²) >= 11 is 1.90. The Hall–Kier alpha value is -5.26. The van der Waals surface area contributed by atoms with Crippen LogP contribution in [0.25, 0.3) is 36.9 Å². The fourth-order valence-electron chi connectivity index (χ4n) is 7.51. The first-order valence-corrected chi connectivity index (χ1v) is 15.9. The number of thiophene rings is 1. The van der Waals surface area contributed by atoms with Crippen LogP contribution in [0, 0.1) is 6.92 Å². The summed E-state index contributed by atoms with van der Waals surface area (Å²) in [6.45, 7) is 2.27. The Morgan fingerprint density at radius 1 is 0.614 bits per heavy atom. The number of para-hydroxylation sites is 3. The topological polar surface area (TPSA) is 17.4 Å². The van der Waals surface area contributed by atoms with Crippen LogP contribution in [-0.2, 0) is 0 Å². The minimum atomic E-state index is 0.0896. The number of hydrogen-bond donors (Lipinski definition) is 0. The Morgan fingerprint density at radius 2 is 1.34 bits per heavy atom.